The van der Waals surface area contributed by atoms with E-state index >= 15 is 0 Å². The fourth-order valence-corrected chi connectivity index (χ4v) is 1.50. The van der Waals surface area contributed by atoms with E-state index in [-0.39, 0.29) is 29.7 Å². The van der Waals surface area contributed by atoms with Crippen LogP contribution >= 0.6 is 0 Å². The third-order valence-electron chi connectivity index (χ3n) is 2.41. The summed E-state index contributed by atoms with van der Waals surface area (Å²) >= 11 is 0. The van der Waals surface area contributed by atoms with Crippen LogP contribution in [-0.2, 0) is 4.79 Å². The van der Waals surface area contributed by atoms with Crippen molar-refractivity contribution in [2.24, 2.45) is 0 Å². The van der Waals surface area contributed by atoms with Crippen LogP contribution in [0.1, 0.15) is 24.2 Å². The summed E-state index contributed by atoms with van der Waals surface area (Å²) in [6.07, 6.45) is 2.50. The Balaban J connectivity index is 2.62. The average Bonchev–Trinajstić information content (AvgIpc) is 2.37. The number of likely N-dealkylation sites (N-methyl/N-ethyl adjacent to an activating group) is 1. The lowest BCUT2D eigenvalue weighted by Gasteiger charge is -2.18. The van der Waals surface area contributed by atoms with E-state index in [0.717, 1.165) is 0 Å². The fourth-order valence-electron chi connectivity index (χ4n) is 1.50. The second-order valence-electron chi connectivity index (χ2n) is 4.78. The average molecular weight is 294 g/mol. The van der Waals surface area contributed by atoms with Gasteiger partial charge in [-0.25, -0.2) is 9.59 Å². The van der Waals surface area contributed by atoms with Gasteiger partial charge in [0.25, 0.3) is 0 Å². The van der Waals surface area contributed by atoms with Gasteiger partial charge < -0.3 is 20.6 Å². The Morgan fingerprint density at radius 3 is 2.57 bits per heavy atom. The Morgan fingerprint density at radius 1 is 1.33 bits per heavy atom. The van der Waals surface area contributed by atoms with E-state index < -0.39 is 12.0 Å². The zero-order valence-electron chi connectivity index (χ0n) is 12.1. The number of anilines is 1. The number of carboxylic acid groups (broad SMARTS) is 1. The molecule has 0 saturated heterocycles. The lowest BCUT2D eigenvalue weighted by atomic mass is 10.2. The van der Waals surface area contributed by atoms with Gasteiger partial charge in [0.1, 0.15) is 6.54 Å². The number of nitrogens with zero attached hydrogens (tertiary/aromatic N) is 2. The van der Waals surface area contributed by atoms with Crippen LogP contribution in [0.5, 0.6) is 0 Å². The number of carboxylic acids is 1. The van der Waals surface area contributed by atoms with Crippen molar-refractivity contribution >= 4 is 23.6 Å². The number of aromatic carboxylic acids is 1. The van der Waals surface area contributed by atoms with Crippen LogP contribution in [0.4, 0.5) is 10.5 Å². The standard InChI is InChI=1S/C13H18N4O4/c1-8(2)15-11(18)7-17(3)13(21)16-10-4-9(12(19)20)5-14-6-10/h4-6,8H,7H2,1-3H3,(H,15,18)(H,16,21)(H,19,20). The first-order valence-electron chi connectivity index (χ1n) is 6.29. The predicted molar refractivity (Wildman–Crippen MR) is 76.1 cm³/mol. The molecule has 0 atom stereocenters. The maximum Gasteiger partial charge on any atom is 0.337 e. The second kappa shape index (κ2) is 7.22. The van der Waals surface area contributed by atoms with Crippen molar-refractivity contribution in [1.82, 2.24) is 15.2 Å². The minimum Gasteiger partial charge on any atom is -0.478 e. The van der Waals surface area contributed by atoms with Crippen molar-refractivity contribution in [3.63, 3.8) is 0 Å². The minimum absolute atomic E-state index is 0.00888. The molecule has 0 saturated carbocycles. The molecule has 1 aromatic heterocycles. The highest BCUT2D eigenvalue weighted by atomic mass is 16.4. The summed E-state index contributed by atoms with van der Waals surface area (Å²) in [6.45, 7) is 3.54. The first kappa shape index (κ1) is 16.4. The van der Waals surface area contributed by atoms with Gasteiger partial charge in [0, 0.05) is 19.3 Å². The monoisotopic (exact) mass is 294 g/mol. The number of pyridine rings is 1. The largest absolute Gasteiger partial charge is 0.478 e. The van der Waals surface area contributed by atoms with E-state index in [1.54, 1.807) is 0 Å². The van der Waals surface area contributed by atoms with Crippen molar-refractivity contribution in [2.75, 3.05) is 18.9 Å². The fraction of sp³-hybridized carbons (Fsp3) is 0.385. The van der Waals surface area contributed by atoms with Gasteiger partial charge in [-0.3, -0.25) is 9.78 Å². The highest BCUT2D eigenvalue weighted by Crippen LogP contribution is 2.09. The Kier molecular flexibility index (Phi) is 5.65. The Morgan fingerprint density at radius 2 is 2.00 bits per heavy atom. The number of carbonyl (C=O) groups excluding carboxylic acids is 2. The molecule has 0 spiro atoms. The van der Waals surface area contributed by atoms with Crippen LogP contribution < -0.4 is 10.6 Å². The number of hydrogen-bond donors (Lipinski definition) is 3. The number of carbonyl (C=O) groups is 3. The van der Waals surface area contributed by atoms with Gasteiger partial charge in [0.2, 0.25) is 5.91 Å². The lowest BCUT2D eigenvalue weighted by molar-refractivity contribution is -0.121. The van der Waals surface area contributed by atoms with E-state index in [9.17, 15) is 14.4 Å². The molecule has 1 rings (SSSR count). The number of hydrogen-bond acceptors (Lipinski definition) is 4. The molecule has 8 heteroatoms. The van der Waals surface area contributed by atoms with Gasteiger partial charge in [-0.2, -0.15) is 0 Å². The maximum absolute atomic E-state index is 11.9. The van der Waals surface area contributed by atoms with Crippen LogP contribution in [0.25, 0.3) is 0 Å². The zero-order valence-corrected chi connectivity index (χ0v) is 12.1. The number of amides is 3. The molecular weight excluding hydrogens is 276 g/mol. The van der Waals surface area contributed by atoms with Crippen molar-refractivity contribution in [3.8, 4) is 0 Å². The molecule has 1 heterocycles. The van der Waals surface area contributed by atoms with Gasteiger partial charge >= 0.3 is 12.0 Å². The summed E-state index contributed by atoms with van der Waals surface area (Å²) in [6, 6.07) is 0.749. The van der Waals surface area contributed by atoms with Gasteiger partial charge in [-0.05, 0) is 19.9 Å². The summed E-state index contributed by atoms with van der Waals surface area (Å²) in [5, 5.41) is 14.0. The summed E-state index contributed by atoms with van der Waals surface area (Å²) in [5.74, 6) is -1.41. The van der Waals surface area contributed by atoms with E-state index in [2.05, 4.69) is 15.6 Å². The van der Waals surface area contributed by atoms with E-state index in [1.807, 2.05) is 13.8 Å². The molecule has 0 bridgehead atoms. The van der Waals surface area contributed by atoms with Crippen LogP contribution in [0.2, 0.25) is 0 Å². The SMILES string of the molecule is CC(C)NC(=O)CN(C)C(=O)Nc1cncc(C(=O)O)c1. The molecule has 8 nitrogen and oxygen atoms in total. The Labute approximate surface area is 122 Å². The van der Waals surface area contributed by atoms with E-state index in [1.165, 1.54) is 30.4 Å². The van der Waals surface area contributed by atoms with Crippen LogP contribution in [0, 0.1) is 0 Å². The molecule has 0 fully saturated rings. The first-order valence-corrected chi connectivity index (χ1v) is 6.29. The molecule has 3 amide bonds. The quantitative estimate of drug-likeness (QED) is 0.742. The summed E-state index contributed by atoms with van der Waals surface area (Å²) < 4.78 is 0. The van der Waals surface area contributed by atoms with E-state index in [0.29, 0.717) is 0 Å². The molecule has 21 heavy (non-hydrogen) atoms. The molecule has 114 valence electrons. The third kappa shape index (κ3) is 5.47. The topological polar surface area (TPSA) is 112 Å². The molecule has 1 aromatic rings. The molecule has 0 radical (unpaired) electrons. The normalized spacial score (nSPS) is 10.1. The second-order valence-corrected chi connectivity index (χ2v) is 4.78. The third-order valence-corrected chi connectivity index (χ3v) is 2.41. The molecular formula is C13H18N4O4. The predicted octanol–water partition coefficient (Wildman–Crippen LogP) is 0.768. The van der Waals surface area contributed by atoms with Crippen LogP contribution in [0.3, 0.4) is 0 Å². The molecule has 0 aliphatic carbocycles. The number of aromatic nitrogens is 1. The Hall–Kier alpha value is -2.64. The molecule has 0 unspecified atom stereocenters. The van der Waals surface area contributed by atoms with Gasteiger partial charge in [-0.15, -0.1) is 0 Å². The maximum atomic E-state index is 11.9. The van der Waals surface area contributed by atoms with E-state index in [4.69, 9.17) is 5.11 Å². The van der Waals surface area contributed by atoms with Crippen molar-refractivity contribution in [2.45, 2.75) is 19.9 Å². The smallest absolute Gasteiger partial charge is 0.337 e. The summed E-state index contributed by atoms with van der Waals surface area (Å²) in [4.78, 5) is 39.1. The first-order chi connectivity index (χ1) is 9.79. The summed E-state index contributed by atoms with van der Waals surface area (Å²) in [5.41, 5.74) is 0.212. The molecule has 0 aromatic carbocycles. The van der Waals surface area contributed by atoms with Crippen LogP contribution in [0.15, 0.2) is 18.5 Å². The highest BCUT2D eigenvalue weighted by Gasteiger charge is 2.14. The Bertz CT molecular complexity index is 545. The lowest BCUT2D eigenvalue weighted by Crippen LogP contribution is -2.42. The summed E-state index contributed by atoms with van der Waals surface area (Å²) in [7, 11) is 1.46. The van der Waals surface area contributed by atoms with Crippen molar-refractivity contribution in [3.05, 3.63) is 24.0 Å². The number of urea groups is 1. The molecule has 0 aliphatic rings. The van der Waals surface area contributed by atoms with Crippen LogP contribution in [-0.4, -0.2) is 52.5 Å². The van der Waals surface area contributed by atoms with Gasteiger partial charge in [-0.1, -0.05) is 0 Å². The number of nitrogens with one attached hydrogen (secondary N) is 2. The van der Waals surface area contributed by atoms with Crippen molar-refractivity contribution < 1.29 is 19.5 Å². The zero-order chi connectivity index (χ0) is 16.0. The minimum atomic E-state index is -1.14. The highest BCUT2D eigenvalue weighted by molar-refractivity contribution is 5.94. The van der Waals surface area contributed by atoms with Gasteiger partial charge in [0.15, 0.2) is 0 Å². The van der Waals surface area contributed by atoms with Gasteiger partial charge in [0.05, 0.1) is 17.4 Å². The molecule has 3 N–H and O–H groups in total. The van der Waals surface area contributed by atoms with Crippen molar-refractivity contribution in [1.29, 1.82) is 0 Å². The molecule has 0 aliphatic heterocycles. The number of rotatable bonds is 5.